The first kappa shape index (κ1) is 6.12. The van der Waals surface area contributed by atoms with Crippen molar-refractivity contribution in [2.24, 2.45) is 0 Å². The summed E-state index contributed by atoms with van der Waals surface area (Å²) >= 11 is 3.71. The van der Waals surface area contributed by atoms with Gasteiger partial charge in [-0.2, -0.15) is 11.3 Å². The van der Waals surface area contributed by atoms with Crippen molar-refractivity contribution >= 4 is 33.9 Å². The minimum absolute atomic E-state index is 1.12. The van der Waals surface area contributed by atoms with Crippen LogP contribution in [-0.2, 0) is 0 Å². The van der Waals surface area contributed by atoms with E-state index in [1.807, 2.05) is 39.4 Å². The molecule has 0 spiro atoms. The molecule has 1 aromatic heterocycles. The lowest BCUT2D eigenvalue weighted by molar-refractivity contribution is 1.87. The molecule has 1 heterocycles. The summed E-state index contributed by atoms with van der Waals surface area (Å²) in [4.78, 5) is 0. The van der Waals surface area contributed by atoms with E-state index < -0.39 is 0 Å². The zero-order valence-corrected chi connectivity index (χ0v) is 6.99. The third kappa shape index (κ3) is 1.49. The van der Waals surface area contributed by atoms with E-state index in [0.717, 1.165) is 5.56 Å². The third-order valence-corrected chi connectivity index (χ3v) is 1.67. The fourth-order valence-electron chi connectivity index (χ4n) is 0.390. The third-order valence-electron chi connectivity index (χ3n) is 0.713. The first-order valence-corrected chi connectivity index (χ1v) is 4.09. The summed E-state index contributed by atoms with van der Waals surface area (Å²) < 4.78 is 2.80. The molecular weight excluding hydrogens is 231 g/mol. The molecule has 0 aromatic carbocycles. The average molecular weight is 234 g/mol. The van der Waals surface area contributed by atoms with Gasteiger partial charge >= 0.3 is 0 Å². The number of halogens is 1. The van der Waals surface area contributed by atoms with E-state index in [1.165, 1.54) is 0 Å². The molecule has 2 heteroatoms. The Bertz CT molecular complexity index is 202. The molecule has 0 radical (unpaired) electrons. The molecule has 0 bridgehead atoms. The molecule has 0 aliphatic carbocycles. The highest BCUT2D eigenvalue weighted by Gasteiger charge is 1.80. The van der Waals surface area contributed by atoms with Crippen LogP contribution in [0.2, 0.25) is 0 Å². The highest BCUT2D eigenvalue weighted by atomic mass is 127. The van der Waals surface area contributed by atoms with Crippen LogP contribution in [0.1, 0.15) is 5.56 Å². The van der Waals surface area contributed by atoms with Gasteiger partial charge in [0.25, 0.3) is 0 Å². The van der Waals surface area contributed by atoms with Gasteiger partial charge in [0.15, 0.2) is 0 Å². The van der Waals surface area contributed by atoms with Crippen LogP contribution >= 0.6 is 33.9 Å². The van der Waals surface area contributed by atoms with Crippen LogP contribution in [0, 0.1) is 9.85 Å². The van der Waals surface area contributed by atoms with Crippen molar-refractivity contribution in [1.82, 2.24) is 0 Å². The lowest BCUT2D eigenvalue weighted by Gasteiger charge is -1.68. The van der Waals surface area contributed by atoms with Gasteiger partial charge in [0.05, 0.1) is 0 Å². The summed E-state index contributed by atoms with van der Waals surface area (Å²) in [7, 11) is 0. The number of thiophene rings is 1. The molecule has 1 aromatic rings. The second kappa shape index (κ2) is 3.10. The lowest BCUT2D eigenvalue weighted by Crippen LogP contribution is -1.56. The van der Waals surface area contributed by atoms with E-state index >= 15 is 0 Å². The van der Waals surface area contributed by atoms with Gasteiger partial charge in [-0.25, -0.2) is 0 Å². The quantitative estimate of drug-likeness (QED) is 0.478. The fraction of sp³-hybridized carbons (Fsp3) is 0. The Labute approximate surface area is 66.1 Å². The van der Waals surface area contributed by atoms with E-state index in [-0.39, 0.29) is 0 Å². The maximum absolute atomic E-state index is 2.93. The number of rotatable bonds is 0. The molecule has 0 fully saturated rings. The fourth-order valence-corrected chi connectivity index (χ4v) is 1.29. The minimum Gasteiger partial charge on any atom is -0.151 e. The molecule has 0 atom stereocenters. The highest BCUT2D eigenvalue weighted by Crippen LogP contribution is 2.03. The lowest BCUT2D eigenvalue weighted by atomic mass is 10.4. The summed E-state index contributed by atoms with van der Waals surface area (Å²) in [6.07, 6.45) is 0. The van der Waals surface area contributed by atoms with Crippen molar-refractivity contribution in [2.45, 2.75) is 0 Å². The number of hydrogen-bond donors (Lipinski definition) is 0. The Morgan fingerprint density at radius 2 is 2.50 bits per heavy atom. The van der Waals surface area contributed by atoms with Gasteiger partial charge < -0.3 is 0 Å². The molecule has 0 amide bonds. The summed E-state index contributed by atoms with van der Waals surface area (Å²) in [6, 6.07) is 2.01. The highest BCUT2D eigenvalue weighted by molar-refractivity contribution is 14.1. The Morgan fingerprint density at radius 3 is 3.00 bits per heavy atom. The molecule has 0 saturated heterocycles. The van der Waals surface area contributed by atoms with Gasteiger partial charge in [0.1, 0.15) is 0 Å². The molecule has 40 valence electrons. The van der Waals surface area contributed by atoms with Crippen molar-refractivity contribution in [3.63, 3.8) is 0 Å². The van der Waals surface area contributed by atoms with Crippen LogP contribution in [0.25, 0.3) is 0 Å². The average Bonchev–Trinajstić information content (AvgIpc) is 2.19. The Morgan fingerprint density at radius 1 is 1.62 bits per heavy atom. The van der Waals surface area contributed by atoms with Gasteiger partial charge in [-0.05, 0) is 15.4 Å². The normalized spacial score (nSPS) is 7.62. The van der Waals surface area contributed by atoms with Crippen LogP contribution in [0.3, 0.4) is 0 Å². The van der Waals surface area contributed by atoms with Gasteiger partial charge in [0, 0.05) is 33.5 Å². The minimum atomic E-state index is 1.12. The van der Waals surface area contributed by atoms with Crippen molar-refractivity contribution in [3.05, 3.63) is 22.4 Å². The molecule has 1 rings (SSSR count). The Kier molecular flexibility index (Phi) is 2.37. The molecule has 0 N–H and O–H groups in total. The van der Waals surface area contributed by atoms with Gasteiger partial charge in [0.2, 0.25) is 0 Å². The molecule has 0 aliphatic rings. The second-order valence-electron chi connectivity index (χ2n) is 1.23. The standard InChI is InChI=1S/C6H3IS/c7-3-1-6-2-4-8-5-6/h2,4-5H. The van der Waals surface area contributed by atoms with Gasteiger partial charge in [-0.3, -0.25) is 0 Å². The van der Waals surface area contributed by atoms with Crippen LogP contribution in [-0.4, -0.2) is 0 Å². The Balaban J connectivity index is 2.88. The number of hydrogen-bond acceptors (Lipinski definition) is 1. The maximum Gasteiger partial charge on any atom is 0.0360 e. The van der Waals surface area contributed by atoms with E-state index in [9.17, 15) is 0 Å². The van der Waals surface area contributed by atoms with E-state index in [4.69, 9.17) is 0 Å². The van der Waals surface area contributed by atoms with Gasteiger partial charge in [-0.15, -0.1) is 0 Å². The van der Waals surface area contributed by atoms with Crippen LogP contribution in [0.15, 0.2) is 16.8 Å². The second-order valence-corrected chi connectivity index (χ2v) is 2.55. The van der Waals surface area contributed by atoms with Crippen molar-refractivity contribution < 1.29 is 0 Å². The zero-order valence-electron chi connectivity index (χ0n) is 4.02. The molecule has 8 heavy (non-hydrogen) atoms. The first-order valence-electron chi connectivity index (χ1n) is 2.07. The van der Waals surface area contributed by atoms with E-state index in [0.29, 0.717) is 0 Å². The molecule has 0 saturated carbocycles. The summed E-state index contributed by atoms with van der Waals surface area (Å²) in [5.74, 6) is 2.93. The topological polar surface area (TPSA) is 0 Å². The molecule has 0 aliphatic heterocycles. The first-order chi connectivity index (χ1) is 3.93. The summed E-state index contributed by atoms with van der Waals surface area (Å²) in [5.41, 5.74) is 1.12. The largest absolute Gasteiger partial charge is 0.151 e. The molecular formula is C6H3IS. The summed E-state index contributed by atoms with van der Waals surface area (Å²) in [5, 5.41) is 4.06. The predicted molar refractivity (Wildman–Crippen MR) is 45.2 cm³/mol. The van der Waals surface area contributed by atoms with Crippen molar-refractivity contribution in [1.29, 1.82) is 0 Å². The predicted octanol–water partition coefficient (Wildman–Crippen LogP) is 2.49. The van der Waals surface area contributed by atoms with Crippen LogP contribution < -0.4 is 0 Å². The van der Waals surface area contributed by atoms with Gasteiger partial charge in [-0.1, -0.05) is 5.92 Å². The zero-order chi connectivity index (χ0) is 5.82. The smallest absolute Gasteiger partial charge is 0.0360 e. The van der Waals surface area contributed by atoms with E-state index in [1.54, 1.807) is 11.3 Å². The van der Waals surface area contributed by atoms with Crippen molar-refractivity contribution in [3.8, 4) is 9.85 Å². The van der Waals surface area contributed by atoms with Crippen LogP contribution in [0.4, 0.5) is 0 Å². The van der Waals surface area contributed by atoms with E-state index in [2.05, 4.69) is 9.85 Å². The molecule has 0 nitrogen and oxygen atoms in total. The Hall–Kier alpha value is -0.01000. The van der Waals surface area contributed by atoms with Crippen LogP contribution in [0.5, 0.6) is 0 Å². The molecule has 0 unspecified atom stereocenters. The maximum atomic E-state index is 2.93. The summed E-state index contributed by atoms with van der Waals surface area (Å²) in [6.45, 7) is 0. The SMILES string of the molecule is IC#Cc1ccsc1. The van der Waals surface area contributed by atoms with Crippen molar-refractivity contribution in [2.75, 3.05) is 0 Å². The monoisotopic (exact) mass is 234 g/mol.